The lowest BCUT2D eigenvalue weighted by molar-refractivity contribution is -0.136. The lowest BCUT2D eigenvalue weighted by Crippen LogP contribution is -2.41. The number of hydrogen-bond donors (Lipinski definition) is 1. The fraction of sp³-hybridized carbons (Fsp3) is 0.588. The first-order valence-corrected chi connectivity index (χ1v) is 7.72. The molecule has 1 aliphatic rings. The van der Waals surface area contributed by atoms with Crippen LogP contribution in [0.15, 0.2) is 30.3 Å². The Balaban J connectivity index is 0.00000220. The van der Waals surface area contributed by atoms with Crippen molar-refractivity contribution in [1.82, 2.24) is 10.2 Å². The Kier molecular flexibility index (Phi) is 7.76. The first-order valence-electron chi connectivity index (χ1n) is 7.72. The number of benzene rings is 1. The van der Waals surface area contributed by atoms with E-state index in [0.717, 1.165) is 39.0 Å². The van der Waals surface area contributed by atoms with Crippen LogP contribution in [0.5, 0.6) is 0 Å². The molecule has 1 atom stereocenters. The van der Waals surface area contributed by atoms with Crippen LogP contribution >= 0.6 is 12.4 Å². The predicted octanol–water partition coefficient (Wildman–Crippen LogP) is 2.75. The molecule has 3 nitrogen and oxygen atoms in total. The molecule has 2 rings (SSSR count). The molecule has 118 valence electrons. The average Bonchev–Trinajstić information content (AvgIpc) is 2.74. The zero-order valence-corrected chi connectivity index (χ0v) is 13.9. The highest BCUT2D eigenvalue weighted by Gasteiger charge is 2.27. The minimum absolute atomic E-state index is 0. The molecule has 1 fully saturated rings. The normalized spacial score (nSPS) is 17.0. The van der Waals surface area contributed by atoms with Crippen LogP contribution in [0.3, 0.4) is 0 Å². The molecule has 1 unspecified atom stereocenters. The maximum atomic E-state index is 12.8. The van der Waals surface area contributed by atoms with Crippen molar-refractivity contribution >= 4 is 18.3 Å². The van der Waals surface area contributed by atoms with Crippen molar-refractivity contribution in [3.05, 3.63) is 35.9 Å². The van der Waals surface area contributed by atoms with E-state index >= 15 is 0 Å². The molecule has 1 N–H and O–H groups in total. The zero-order valence-electron chi connectivity index (χ0n) is 13.0. The van der Waals surface area contributed by atoms with Gasteiger partial charge in [-0.15, -0.1) is 12.4 Å². The van der Waals surface area contributed by atoms with Crippen molar-refractivity contribution in [1.29, 1.82) is 0 Å². The van der Waals surface area contributed by atoms with Gasteiger partial charge < -0.3 is 10.2 Å². The zero-order chi connectivity index (χ0) is 14.4. The smallest absolute Gasteiger partial charge is 0.226 e. The molecule has 1 aromatic carbocycles. The Morgan fingerprint density at radius 2 is 1.90 bits per heavy atom. The second-order valence-corrected chi connectivity index (χ2v) is 5.97. The topological polar surface area (TPSA) is 32.3 Å². The lowest BCUT2D eigenvalue weighted by atomic mass is 9.88. The minimum Gasteiger partial charge on any atom is -0.341 e. The Morgan fingerprint density at radius 1 is 1.19 bits per heavy atom. The molecule has 21 heavy (non-hydrogen) atoms. The Labute approximate surface area is 134 Å². The monoisotopic (exact) mass is 310 g/mol. The van der Waals surface area contributed by atoms with Crippen LogP contribution in [0.25, 0.3) is 0 Å². The van der Waals surface area contributed by atoms with E-state index in [0.29, 0.717) is 11.8 Å². The lowest BCUT2D eigenvalue weighted by Gasteiger charge is -2.28. The van der Waals surface area contributed by atoms with Crippen LogP contribution in [0.4, 0.5) is 0 Å². The number of rotatable bonds is 4. The molecular weight excluding hydrogens is 284 g/mol. The summed E-state index contributed by atoms with van der Waals surface area (Å²) >= 11 is 0. The summed E-state index contributed by atoms with van der Waals surface area (Å²) in [5, 5.41) is 3.36. The fourth-order valence-corrected chi connectivity index (χ4v) is 2.78. The van der Waals surface area contributed by atoms with E-state index < -0.39 is 0 Å². The molecule has 0 saturated carbocycles. The van der Waals surface area contributed by atoms with Gasteiger partial charge in [0.25, 0.3) is 0 Å². The Hall–Kier alpha value is -1.06. The highest BCUT2D eigenvalue weighted by Crippen LogP contribution is 2.20. The third-order valence-electron chi connectivity index (χ3n) is 4.07. The van der Waals surface area contributed by atoms with Crippen molar-refractivity contribution in [3.8, 4) is 0 Å². The molecule has 0 spiro atoms. The van der Waals surface area contributed by atoms with Crippen molar-refractivity contribution in [2.75, 3.05) is 26.2 Å². The fourth-order valence-electron chi connectivity index (χ4n) is 2.78. The Morgan fingerprint density at radius 3 is 2.57 bits per heavy atom. The molecule has 1 heterocycles. The van der Waals surface area contributed by atoms with Gasteiger partial charge in [0.1, 0.15) is 0 Å². The summed E-state index contributed by atoms with van der Waals surface area (Å²) in [6, 6.07) is 10.4. The second kappa shape index (κ2) is 9.06. The second-order valence-electron chi connectivity index (χ2n) is 5.97. The summed E-state index contributed by atoms with van der Waals surface area (Å²) in [5.74, 6) is 0.793. The SMILES string of the molecule is CC(C)C(Cc1ccccc1)C(=O)N1CCCNCC1.Cl. The largest absolute Gasteiger partial charge is 0.341 e. The van der Waals surface area contributed by atoms with Gasteiger partial charge in [-0.2, -0.15) is 0 Å². The van der Waals surface area contributed by atoms with E-state index in [9.17, 15) is 4.79 Å². The number of carbonyl (C=O) groups is 1. The van der Waals surface area contributed by atoms with Gasteiger partial charge >= 0.3 is 0 Å². The number of nitrogens with one attached hydrogen (secondary N) is 1. The molecule has 0 radical (unpaired) electrons. The third-order valence-corrected chi connectivity index (χ3v) is 4.07. The van der Waals surface area contributed by atoms with Crippen molar-refractivity contribution < 1.29 is 4.79 Å². The summed E-state index contributed by atoms with van der Waals surface area (Å²) < 4.78 is 0. The summed E-state index contributed by atoms with van der Waals surface area (Å²) in [6.07, 6.45) is 1.91. The number of carbonyl (C=O) groups excluding carboxylic acids is 1. The van der Waals surface area contributed by atoms with Crippen molar-refractivity contribution in [2.24, 2.45) is 11.8 Å². The van der Waals surface area contributed by atoms with Gasteiger partial charge in [-0.1, -0.05) is 44.2 Å². The van der Waals surface area contributed by atoms with Gasteiger partial charge in [0.2, 0.25) is 5.91 Å². The van der Waals surface area contributed by atoms with Crippen LogP contribution in [0.2, 0.25) is 0 Å². The van der Waals surface area contributed by atoms with Crippen molar-refractivity contribution in [2.45, 2.75) is 26.7 Å². The maximum absolute atomic E-state index is 12.8. The predicted molar refractivity (Wildman–Crippen MR) is 89.8 cm³/mol. The van der Waals surface area contributed by atoms with Crippen LogP contribution in [-0.2, 0) is 11.2 Å². The maximum Gasteiger partial charge on any atom is 0.226 e. The van der Waals surface area contributed by atoms with Gasteiger partial charge in [-0.3, -0.25) is 4.79 Å². The number of amides is 1. The molecule has 0 aliphatic carbocycles. The van der Waals surface area contributed by atoms with E-state index in [2.05, 4.69) is 31.3 Å². The molecule has 1 saturated heterocycles. The van der Waals surface area contributed by atoms with Crippen LogP contribution in [0, 0.1) is 11.8 Å². The van der Waals surface area contributed by atoms with E-state index in [1.807, 2.05) is 23.1 Å². The molecule has 1 amide bonds. The molecule has 0 bridgehead atoms. The first kappa shape index (κ1) is 18.0. The van der Waals surface area contributed by atoms with Gasteiger partial charge in [0.15, 0.2) is 0 Å². The van der Waals surface area contributed by atoms with E-state index in [-0.39, 0.29) is 18.3 Å². The van der Waals surface area contributed by atoms with Gasteiger partial charge in [-0.25, -0.2) is 0 Å². The Bertz CT molecular complexity index is 414. The van der Waals surface area contributed by atoms with Crippen LogP contribution in [-0.4, -0.2) is 37.0 Å². The van der Waals surface area contributed by atoms with Crippen molar-refractivity contribution in [3.63, 3.8) is 0 Å². The first-order chi connectivity index (χ1) is 9.68. The number of halogens is 1. The quantitative estimate of drug-likeness (QED) is 0.927. The van der Waals surface area contributed by atoms with Crippen LogP contribution in [0.1, 0.15) is 25.8 Å². The highest BCUT2D eigenvalue weighted by molar-refractivity contribution is 5.85. The van der Waals surface area contributed by atoms with Gasteiger partial charge in [0.05, 0.1) is 0 Å². The number of nitrogens with zero attached hydrogens (tertiary/aromatic N) is 1. The standard InChI is InChI=1S/C17H26N2O.ClH/c1-14(2)16(13-15-7-4-3-5-8-15)17(20)19-11-6-9-18-10-12-19;/h3-5,7-8,14,16,18H,6,9-13H2,1-2H3;1H. The molecule has 4 heteroatoms. The highest BCUT2D eigenvalue weighted by atomic mass is 35.5. The average molecular weight is 311 g/mol. The molecular formula is C17H27ClN2O. The van der Waals surface area contributed by atoms with Gasteiger partial charge in [-0.05, 0) is 30.9 Å². The minimum atomic E-state index is 0. The molecule has 0 aromatic heterocycles. The van der Waals surface area contributed by atoms with Crippen LogP contribution < -0.4 is 5.32 Å². The summed E-state index contributed by atoms with van der Waals surface area (Å²) in [6.45, 7) is 7.99. The third kappa shape index (κ3) is 5.33. The van der Waals surface area contributed by atoms with E-state index in [4.69, 9.17) is 0 Å². The summed E-state index contributed by atoms with van der Waals surface area (Å²) in [4.78, 5) is 14.8. The molecule has 1 aromatic rings. The molecule has 1 aliphatic heterocycles. The van der Waals surface area contributed by atoms with Gasteiger partial charge in [0, 0.05) is 25.6 Å². The summed E-state index contributed by atoms with van der Waals surface area (Å²) in [7, 11) is 0. The number of hydrogen-bond acceptors (Lipinski definition) is 2. The van der Waals surface area contributed by atoms with E-state index in [1.54, 1.807) is 0 Å². The van der Waals surface area contributed by atoms with E-state index in [1.165, 1.54) is 5.56 Å². The summed E-state index contributed by atoms with van der Waals surface area (Å²) in [5.41, 5.74) is 1.26.